The highest BCUT2D eigenvalue weighted by Gasteiger charge is 2.08. The molecule has 0 fully saturated rings. The van der Waals surface area contributed by atoms with E-state index in [2.05, 4.69) is 32.7 Å². The highest BCUT2D eigenvalue weighted by molar-refractivity contribution is 5.94. The molecular formula is C21H28N4O. The molecule has 0 bridgehead atoms. The third kappa shape index (κ3) is 5.92. The summed E-state index contributed by atoms with van der Waals surface area (Å²) in [5, 5.41) is 6.27. The van der Waals surface area contributed by atoms with Crippen molar-refractivity contribution in [3.05, 3.63) is 71.3 Å². The monoisotopic (exact) mass is 352 g/mol. The predicted octanol–water partition coefficient (Wildman–Crippen LogP) is 3.03. The van der Waals surface area contributed by atoms with Gasteiger partial charge in [-0.2, -0.15) is 0 Å². The van der Waals surface area contributed by atoms with Gasteiger partial charge in [0.2, 0.25) is 0 Å². The van der Waals surface area contributed by atoms with Crippen molar-refractivity contribution >= 4 is 11.9 Å². The van der Waals surface area contributed by atoms with Gasteiger partial charge in [0.15, 0.2) is 5.96 Å². The molecule has 2 rings (SSSR count). The van der Waals surface area contributed by atoms with Crippen LogP contribution in [0.4, 0.5) is 0 Å². The molecule has 0 aliphatic heterocycles. The Morgan fingerprint density at radius 2 is 1.77 bits per heavy atom. The number of rotatable bonds is 7. The Bertz CT molecular complexity index is 728. The first-order valence-electron chi connectivity index (χ1n) is 8.97. The standard InChI is InChI=1S/C21H28N4O/c1-4-13-23-20(26)19-12-8-11-18(14-19)15-24-21(22-2)25(3)16-17-9-6-5-7-10-17/h5-12,14H,4,13,15-16H2,1-3H3,(H,22,24)(H,23,26). The quantitative estimate of drug-likeness (QED) is 0.595. The number of aliphatic imine (C=N–C) groups is 1. The molecule has 5 nitrogen and oxygen atoms in total. The topological polar surface area (TPSA) is 56.7 Å². The maximum absolute atomic E-state index is 12.1. The molecule has 26 heavy (non-hydrogen) atoms. The van der Waals surface area contributed by atoms with Crippen LogP contribution in [0.1, 0.15) is 34.8 Å². The molecule has 2 aromatic carbocycles. The van der Waals surface area contributed by atoms with Gasteiger partial charge in [-0.15, -0.1) is 0 Å². The van der Waals surface area contributed by atoms with Gasteiger partial charge < -0.3 is 15.5 Å². The van der Waals surface area contributed by atoms with Gasteiger partial charge in [0.05, 0.1) is 0 Å². The summed E-state index contributed by atoms with van der Waals surface area (Å²) in [6.45, 7) is 4.12. The fourth-order valence-corrected chi connectivity index (χ4v) is 2.66. The summed E-state index contributed by atoms with van der Waals surface area (Å²) in [5.41, 5.74) is 2.96. The van der Waals surface area contributed by atoms with Gasteiger partial charge >= 0.3 is 0 Å². The summed E-state index contributed by atoms with van der Waals surface area (Å²) in [6.07, 6.45) is 0.928. The second-order valence-corrected chi connectivity index (χ2v) is 6.20. The van der Waals surface area contributed by atoms with Crippen molar-refractivity contribution in [1.29, 1.82) is 0 Å². The van der Waals surface area contributed by atoms with E-state index >= 15 is 0 Å². The van der Waals surface area contributed by atoms with Gasteiger partial charge in [0, 0.05) is 39.3 Å². The lowest BCUT2D eigenvalue weighted by Crippen LogP contribution is -2.38. The zero-order valence-electron chi connectivity index (χ0n) is 15.8. The average Bonchev–Trinajstić information content (AvgIpc) is 2.67. The zero-order valence-corrected chi connectivity index (χ0v) is 15.8. The van der Waals surface area contributed by atoms with Gasteiger partial charge in [-0.25, -0.2) is 0 Å². The average molecular weight is 352 g/mol. The molecule has 5 heteroatoms. The maximum Gasteiger partial charge on any atom is 0.251 e. The number of benzene rings is 2. The van der Waals surface area contributed by atoms with Crippen LogP contribution < -0.4 is 10.6 Å². The SMILES string of the molecule is CCCNC(=O)c1cccc(CNC(=NC)N(C)Cc2ccccc2)c1. The minimum atomic E-state index is -0.0284. The summed E-state index contributed by atoms with van der Waals surface area (Å²) in [5.74, 6) is 0.786. The molecule has 0 spiro atoms. The first-order chi connectivity index (χ1) is 12.6. The van der Waals surface area contributed by atoms with Crippen LogP contribution >= 0.6 is 0 Å². The van der Waals surface area contributed by atoms with Gasteiger partial charge in [-0.3, -0.25) is 9.79 Å². The first-order valence-corrected chi connectivity index (χ1v) is 8.97. The lowest BCUT2D eigenvalue weighted by molar-refractivity contribution is 0.0953. The Kier molecular flexibility index (Phi) is 7.68. The second kappa shape index (κ2) is 10.2. The molecule has 1 amide bonds. The predicted molar refractivity (Wildman–Crippen MR) is 107 cm³/mol. The number of guanidine groups is 1. The molecule has 0 radical (unpaired) electrons. The van der Waals surface area contributed by atoms with Crippen molar-refractivity contribution in [2.45, 2.75) is 26.4 Å². The molecule has 0 heterocycles. The second-order valence-electron chi connectivity index (χ2n) is 6.20. The van der Waals surface area contributed by atoms with Crippen LogP contribution in [0.15, 0.2) is 59.6 Å². The number of hydrogen-bond donors (Lipinski definition) is 2. The molecule has 2 aromatic rings. The summed E-state index contributed by atoms with van der Waals surface area (Å²) in [7, 11) is 3.79. The molecule has 0 atom stereocenters. The Morgan fingerprint density at radius 3 is 2.46 bits per heavy atom. The minimum Gasteiger partial charge on any atom is -0.352 e. The van der Waals surface area contributed by atoms with Crippen LogP contribution in [0.5, 0.6) is 0 Å². The Balaban J connectivity index is 1.94. The van der Waals surface area contributed by atoms with E-state index in [1.807, 2.05) is 56.4 Å². The lowest BCUT2D eigenvalue weighted by atomic mass is 10.1. The van der Waals surface area contributed by atoms with Gasteiger partial charge in [-0.1, -0.05) is 49.4 Å². The fourth-order valence-electron chi connectivity index (χ4n) is 2.66. The number of hydrogen-bond acceptors (Lipinski definition) is 2. The van der Waals surface area contributed by atoms with Gasteiger partial charge in [-0.05, 0) is 29.7 Å². The van der Waals surface area contributed by atoms with Crippen LogP contribution in [-0.2, 0) is 13.1 Å². The van der Waals surface area contributed by atoms with Gasteiger partial charge in [0.25, 0.3) is 5.91 Å². The zero-order chi connectivity index (χ0) is 18.8. The molecule has 138 valence electrons. The van der Waals surface area contributed by atoms with E-state index in [1.165, 1.54) is 5.56 Å². The van der Waals surface area contributed by atoms with E-state index in [1.54, 1.807) is 7.05 Å². The van der Waals surface area contributed by atoms with Crippen LogP contribution in [0, 0.1) is 0 Å². The van der Waals surface area contributed by atoms with Crippen molar-refractivity contribution < 1.29 is 4.79 Å². The smallest absolute Gasteiger partial charge is 0.251 e. The molecule has 0 aliphatic rings. The number of amides is 1. The summed E-state index contributed by atoms with van der Waals surface area (Å²) in [6, 6.07) is 18.0. The fraction of sp³-hybridized carbons (Fsp3) is 0.333. The first kappa shape index (κ1) is 19.5. The van der Waals surface area contributed by atoms with E-state index in [0.29, 0.717) is 18.7 Å². The van der Waals surface area contributed by atoms with Crippen LogP contribution in [-0.4, -0.2) is 37.4 Å². The molecule has 0 aliphatic carbocycles. The third-order valence-electron chi connectivity index (χ3n) is 4.01. The highest BCUT2D eigenvalue weighted by Crippen LogP contribution is 2.07. The van der Waals surface area contributed by atoms with Crippen LogP contribution in [0.2, 0.25) is 0 Å². The Labute approximate surface area is 156 Å². The number of nitrogens with zero attached hydrogens (tertiary/aromatic N) is 2. The lowest BCUT2D eigenvalue weighted by Gasteiger charge is -2.22. The van der Waals surface area contributed by atoms with E-state index < -0.39 is 0 Å². The van der Waals surface area contributed by atoms with E-state index in [9.17, 15) is 4.79 Å². The molecule has 0 saturated heterocycles. The Hall–Kier alpha value is -2.82. The third-order valence-corrected chi connectivity index (χ3v) is 4.01. The number of carbonyl (C=O) groups excluding carboxylic acids is 1. The molecule has 0 aromatic heterocycles. The van der Waals surface area contributed by atoms with E-state index in [-0.39, 0.29) is 5.91 Å². The van der Waals surface area contributed by atoms with Crippen molar-refractivity contribution in [3.8, 4) is 0 Å². The van der Waals surface area contributed by atoms with Crippen molar-refractivity contribution in [1.82, 2.24) is 15.5 Å². The van der Waals surface area contributed by atoms with Crippen molar-refractivity contribution in [2.24, 2.45) is 4.99 Å². The number of nitrogens with one attached hydrogen (secondary N) is 2. The maximum atomic E-state index is 12.1. The highest BCUT2D eigenvalue weighted by atomic mass is 16.1. The molecular weight excluding hydrogens is 324 g/mol. The molecule has 2 N–H and O–H groups in total. The van der Waals surface area contributed by atoms with Crippen LogP contribution in [0.3, 0.4) is 0 Å². The summed E-state index contributed by atoms with van der Waals surface area (Å²) >= 11 is 0. The molecule has 0 saturated carbocycles. The van der Waals surface area contributed by atoms with Crippen molar-refractivity contribution in [3.63, 3.8) is 0 Å². The van der Waals surface area contributed by atoms with Crippen molar-refractivity contribution in [2.75, 3.05) is 20.6 Å². The van der Waals surface area contributed by atoms with Gasteiger partial charge in [0.1, 0.15) is 0 Å². The van der Waals surface area contributed by atoms with E-state index in [0.717, 1.165) is 24.5 Å². The molecule has 0 unspecified atom stereocenters. The minimum absolute atomic E-state index is 0.0284. The van der Waals surface area contributed by atoms with E-state index in [4.69, 9.17) is 0 Å². The summed E-state index contributed by atoms with van der Waals surface area (Å²) < 4.78 is 0. The normalized spacial score (nSPS) is 11.1. The Morgan fingerprint density at radius 1 is 1.04 bits per heavy atom. The summed E-state index contributed by atoms with van der Waals surface area (Å²) in [4.78, 5) is 18.5. The van der Waals surface area contributed by atoms with Crippen LogP contribution in [0.25, 0.3) is 0 Å². The number of carbonyl (C=O) groups is 1. The largest absolute Gasteiger partial charge is 0.352 e.